The second kappa shape index (κ2) is 5.09. The second-order valence-electron chi connectivity index (χ2n) is 4.03. The van der Waals surface area contributed by atoms with Crippen LogP contribution in [0.25, 0.3) is 0 Å². The van der Waals surface area contributed by atoms with Gasteiger partial charge in [-0.25, -0.2) is 0 Å². The van der Waals surface area contributed by atoms with Gasteiger partial charge in [0.05, 0.1) is 6.54 Å². The lowest BCUT2D eigenvalue weighted by atomic mass is 9.96. The van der Waals surface area contributed by atoms with Crippen molar-refractivity contribution in [2.45, 2.75) is 25.6 Å². The average Bonchev–Trinajstić information content (AvgIpc) is 2.27. The zero-order chi connectivity index (χ0) is 12.2. The van der Waals surface area contributed by atoms with Gasteiger partial charge in [0.1, 0.15) is 11.7 Å². The van der Waals surface area contributed by atoms with Crippen LogP contribution in [0.3, 0.4) is 0 Å². The number of amides is 1. The van der Waals surface area contributed by atoms with Crippen LogP contribution in [0, 0.1) is 0 Å². The SMILES string of the molecule is CC(O)C(=O)NCC(C)(O)c1ccccc1. The first kappa shape index (κ1) is 12.7. The topological polar surface area (TPSA) is 69.6 Å². The molecule has 0 saturated carbocycles. The van der Waals surface area contributed by atoms with Crippen molar-refractivity contribution >= 4 is 5.91 Å². The summed E-state index contributed by atoms with van der Waals surface area (Å²) in [6.45, 7) is 3.07. The van der Waals surface area contributed by atoms with Crippen LogP contribution in [0.2, 0.25) is 0 Å². The maximum atomic E-state index is 11.1. The first-order valence-electron chi connectivity index (χ1n) is 5.17. The number of rotatable bonds is 4. The van der Waals surface area contributed by atoms with Crippen molar-refractivity contribution in [3.05, 3.63) is 35.9 Å². The van der Waals surface area contributed by atoms with E-state index in [0.717, 1.165) is 5.56 Å². The Morgan fingerprint density at radius 3 is 2.50 bits per heavy atom. The molecule has 2 unspecified atom stereocenters. The van der Waals surface area contributed by atoms with E-state index in [1.54, 1.807) is 19.1 Å². The molecule has 4 heteroatoms. The Bertz CT molecular complexity index is 347. The van der Waals surface area contributed by atoms with E-state index in [0.29, 0.717) is 0 Å². The summed E-state index contributed by atoms with van der Waals surface area (Å²) in [5, 5.41) is 21.6. The molecular formula is C12H17NO3. The molecule has 1 aromatic carbocycles. The van der Waals surface area contributed by atoms with E-state index in [1.807, 2.05) is 18.2 Å². The van der Waals surface area contributed by atoms with Gasteiger partial charge in [-0.2, -0.15) is 0 Å². The van der Waals surface area contributed by atoms with Gasteiger partial charge in [-0.1, -0.05) is 30.3 Å². The van der Waals surface area contributed by atoms with Crippen molar-refractivity contribution in [1.29, 1.82) is 0 Å². The van der Waals surface area contributed by atoms with E-state index in [-0.39, 0.29) is 6.54 Å². The van der Waals surface area contributed by atoms with Crippen molar-refractivity contribution in [3.8, 4) is 0 Å². The Hall–Kier alpha value is -1.39. The van der Waals surface area contributed by atoms with E-state index in [1.165, 1.54) is 6.92 Å². The van der Waals surface area contributed by atoms with Crippen LogP contribution in [-0.4, -0.2) is 28.8 Å². The molecule has 0 aliphatic heterocycles. The van der Waals surface area contributed by atoms with Gasteiger partial charge in [0.2, 0.25) is 5.91 Å². The summed E-state index contributed by atoms with van der Waals surface area (Å²) in [6, 6.07) is 9.07. The zero-order valence-electron chi connectivity index (χ0n) is 9.47. The first-order valence-corrected chi connectivity index (χ1v) is 5.17. The van der Waals surface area contributed by atoms with Crippen molar-refractivity contribution in [2.75, 3.05) is 6.54 Å². The predicted molar refractivity (Wildman–Crippen MR) is 60.7 cm³/mol. The highest BCUT2D eigenvalue weighted by atomic mass is 16.3. The molecule has 1 aromatic rings. The Morgan fingerprint density at radius 1 is 1.44 bits per heavy atom. The highest BCUT2D eigenvalue weighted by Gasteiger charge is 2.24. The molecule has 2 atom stereocenters. The van der Waals surface area contributed by atoms with E-state index < -0.39 is 17.6 Å². The second-order valence-corrected chi connectivity index (χ2v) is 4.03. The van der Waals surface area contributed by atoms with Crippen LogP contribution in [-0.2, 0) is 10.4 Å². The lowest BCUT2D eigenvalue weighted by Crippen LogP contribution is -2.42. The highest BCUT2D eigenvalue weighted by molar-refractivity contribution is 5.80. The smallest absolute Gasteiger partial charge is 0.248 e. The summed E-state index contributed by atoms with van der Waals surface area (Å²) in [4.78, 5) is 11.1. The predicted octanol–water partition coefficient (Wildman–Crippen LogP) is 0.391. The van der Waals surface area contributed by atoms with Gasteiger partial charge < -0.3 is 15.5 Å². The number of benzene rings is 1. The normalized spacial score (nSPS) is 16.2. The number of carbonyl (C=O) groups excluding carboxylic acids is 1. The average molecular weight is 223 g/mol. The molecule has 3 N–H and O–H groups in total. The monoisotopic (exact) mass is 223 g/mol. The van der Waals surface area contributed by atoms with Gasteiger partial charge in [-0.15, -0.1) is 0 Å². The molecule has 0 aromatic heterocycles. The summed E-state index contributed by atoms with van der Waals surface area (Å²) >= 11 is 0. The molecule has 0 radical (unpaired) electrons. The molecule has 1 amide bonds. The summed E-state index contributed by atoms with van der Waals surface area (Å²) in [5.41, 5.74) is -0.410. The van der Waals surface area contributed by atoms with Crippen molar-refractivity contribution < 1.29 is 15.0 Å². The largest absolute Gasteiger partial charge is 0.384 e. The van der Waals surface area contributed by atoms with E-state index in [9.17, 15) is 9.90 Å². The minimum absolute atomic E-state index is 0.0702. The van der Waals surface area contributed by atoms with Crippen LogP contribution in [0.4, 0.5) is 0 Å². The van der Waals surface area contributed by atoms with Crippen LogP contribution in [0.15, 0.2) is 30.3 Å². The quantitative estimate of drug-likeness (QED) is 0.691. The van der Waals surface area contributed by atoms with Crippen molar-refractivity contribution in [1.82, 2.24) is 5.32 Å². The van der Waals surface area contributed by atoms with Crippen LogP contribution in [0.1, 0.15) is 19.4 Å². The number of nitrogens with one attached hydrogen (secondary N) is 1. The van der Waals surface area contributed by atoms with Gasteiger partial charge in [0.15, 0.2) is 0 Å². The summed E-state index contributed by atoms with van der Waals surface area (Å²) in [7, 11) is 0. The molecule has 0 aliphatic rings. The van der Waals surface area contributed by atoms with Gasteiger partial charge in [0, 0.05) is 0 Å². The van der Waals surface area contributed by atoms with Crippen molar-refractivity contribution in [3.63, 3.8) is 0 Å². The van der Waals surface area contributed by atoms with Crippen LogP contribution in [0.5, 0.6) is 0 Å². The molecule has 0 spiro atoms. The summed E-state index contributed by atoms with van der Waals surface area (Å²) < 4.78 is 0. The molecule has 0 saturated heterocycles. The molecule has 0 heterocycles. The molecular weight excluding hydrogens is 206 g/mol. The maximum absolute atomic E-state index is 11.1. The third-order valence-corrected chi connectivity index (χ3v) is 2.38. The minimum atomic E-state index is -1.13. The number of aliphatic hydroxyl groups is 2. The Kier molecular flexibility index (Phi) is 4.04. The van der Waals surface area contributed by atoms with E-state index >= 15 is 0 Å². The van der Waals surface area contributed by atoms with Gasteiger partial charge in [-0.05, 0) is 19.4 Å². The number of hydrogen-bond acceptors (Lipinski definition) is 3. The fourth-order valence-electron chi connectivity index (χ4n) is 1.31. The molecule has 0 bridgehead atoms. The number of hydrogen-bond donors (Lipinski definition) is 3. The summed E-state index contributed by atoms with van der Waals surface area (Å²) in [5.74, 6) is -0.490. The maximum Gasteiger partial charge on any atom is 0.248 e. The lowest BCUT2D eigenvalue weighted by molar-refractivity contribution is -0.129. The Labute approximate surface area is 94.9 Å². The zero-order valence-corrected chi connectivity index (χ0v) is 9.47. The van der Waals surface area contributed by atoms with E-state index in [4.69, 9.17) is 5.11 Å². The van der Waals surface area contributed by atoms with Crippen molar-refractivity contribution in [2.24, 2.45) is 0 Å². The fraction of sp³-hybridized carbons (Fsp3) is 0.417. The molecule has 88 valence electrons. The van der Waals surface area contributed by atoms with Gasteiger partial charge >= 0.3 is 0 Å². The standard InChI is InChI=1S/C12H17NO3/c1-9(14)11(15)13-8-12(2,16)10-6-4-3-5-7-10/h3-7,9,14,16H,8H2,1-2H3,(H,13,15). The third kappa shape index (κ3) is 3.32. The fourth-order valence-corrected chi connectivity index (χ4v) is 1.31. The molecule has 0 fully saturated rings. The Balaban J connectivity index is 2.63. The molecule has 0 aliphatic carbocycles. The van der Waals surface area contributed by atoms with Crippen LogP contribution >= 0.6 is 0 Å². The van der Waals surface area contributed by atoms with Gasteiger partial charge in [0.25, 0.3) is 0 Å². The number of carbonyl (C=O) groups is 1. The molecule has 4 nitrogen and oxygen atoms in total. The highest BCUT2D eigenvalue weighted by Crippen LogP contribution is 2.18. The van der Waals surface area contributed by atoms with Gasteiger partial charge in [-0.3, -0.25) is 4.79 Å². The third-order valence-electron chi connectivity index (χ3n) is 2.38. The lowest BCUT2D eigenvalue weighted by Gasteiger charge is -2.24. The van der Waals surface area contributed by atoms with Crippen LogP contribution < -0.4 is 5.32 Å². The Morgan fingerprint density at radius 2 is 2.00 bits per heavy atom. The molecule has 1 rings (SSSR count). The van der Waals surface area contributed by atoms with E-state index in [2.05, 4.69) is 5.32 Å². The molecule has 16 heavy (non-hydrogen) atoms. The first-order chi connectivity index (χ1) is 7.43. The summed E-state index contributed by atoms with van der Waals surface area (Å²) in [6.07, 6.45) is -1.06. The minimum Gasteiger partial charge on any atom is -0.384 e. The number of aliphatic hydroxyl groups excluding tert-OH is 1.